The lowest BCUT2D eigenvalue weighted by Crippen LogP contribution is -2.13. The van der Waals surface area contributed by atoms with Crippen LogP contribution in [0, 0.1) is 0 Å². The molecule has 0 amide bonds. The molecule has 1 aliphatic rings. The summed E-state index contributed by atoms with van der Waals surface area (Å²) in [7, 11) is 1.63. The standard InChI is InChI=1S/C10H13NO3S/c1-14-5-8-11-7(6-15-8)10(2-3-10)4-9(12)13/h6H,2-5H2,1H3,(H,12,13). The molecule has 0 bridgehead atoms. The molecular weight excluding hydrogens is 214 g/mol. The quantitative estimate of drug-likeness (QED) is 0.833. The van der Waals surface area contributed by atoms with Gasteiger partial charge in [-0.3, -0.25) is 4.79 Å². The molecule has 1 N–H and O–H groups in total. The van der Waals surface area contributed by atoms with E-state index in [4.69, 9.17) is 9.84 Å². The average Bonchev–Trinajstić information content (AvgIpc) is 2.77. The predicted molar refractivity (Wildman–Crippen MR) is 56.0 cm³/mol. The largest absolute Gasteiger partial charge is 0.481 e. The number of rotatable bonds is 5. The number of aliphatic carboxylic acids is 1. The monoisotopic (exact) mass is 227 g/mol. The molecule has 0 aromatic carbocycles. The minimum atomic E-state index is -0.742. The summed E-state index contributed by atoms with van der Waals surface area (Å²) in [5.74, 6) is -0.742. The first-order valence-corrected chi connectivity index (χ1v) is 5.70. The first kappa shape index (κ1) is 10.6. The van der Waals surface area contributed by atoms with Gasteiger partial charge in [-0.2, -0.15) is 0 Å². The molecule has 0 unspecified atom stereocenters. The van der Waals surface area contributed by atoms with Crippen molar-refractivity contribution in [2.75, 3.05) is 7.11 Å². The Bertz CT molecular complexity index is 370. The number of aromatic nitrogens is 1. The van der Waals surface area contributed by atoms with Gasteiger partial charge in [0.15, 0.2) is 0 Å². The summed E-state index contributed by atoms with van der Waals surface area (Å²) in [4.78, 5) is 15.1. The third-order valence-electron chi connectivity index (χ3n) is 2.71. The van der Waals surface area contributed by atoms with Crippen LogP contribution in [0.15, 0.2) is 5.38 Å². The van der Waals surface area contributed by atoms with Gasteiger partial charge in [0.05, 0.1) is 18.7 Å². The topological polar surface area (TPSA) is 59.4 Å². The zero-order valence-electron chi connectivity index (χ0n) is 8.52. The normalized spacial score (nSPS) is 17.7. The number of ether oxygens (including phenoxy) is 1. The molecule has 0 radical (unpaired) electrons. The van der Waals surface area contributed by atoms with Crippen LogP contribution in [0.1, 0.15) is 30.0 Å². The molecule has 1 heterocycles. The summed E-state index contributed by atoms with van der Waals surface area (Å²) in [6.07, 6.45) is 2.08. The molecule has 0 aliphatic heterocycles. The van der Waals surface area contributed by atoms with Crippen molar-refractivity contribution < 1.29 is 14.6 Å². The number of hydrogen-bond acceptors (Lipinski definition) is 4. The Morgan fingerprint density at radius 2 is 2.47 bits per heavy atom. The minimum Gasteiger partial charge on any atom is -0.481 e. The fourth-order valence-corrected chi connectivity index (χ4v) is 2.60. The molecule has 1 aromatic heterocycles. The van der Waals surface area contributed by atoms with Gasteiger partial charge >= 0.3 is 5.97 Å². The van der Waals surface area contributed by atoms with Crippen molar-refractivity contribution in [1.29, 1.82) is 0 Å². The summed E-state index contributed by atoms with van der Waals surface area (Å²) in [5, 5.41) is 11.7. The highest BCUT2D eigenvalue weighted by Gasteiger charge is 2.47. The van der Waals surface area contributed by atoms with Crippen molar-refractivity contribution >= 4 is 17.3 Å². The SMILES string of the molecule is COCc1nc(C2(CC(=O)O)CC2)cs1. The van der Waals surface area contributed by atoms with E-state index >= 15 is 0 Å². The molecule has 4 nitrogen and oxygen atoms in total. The van der Waals surface area contributed by atoms with Crippen LogP contribution in [0.2, 0.25) is 0 Å². The molecule has 0 spiro atoms. The number of hydrogen-bond donors (Lipinski definition) is 1. The van der Waals surface area contributed by atoms with E-state index in [0.717, 1.165) is 23.5 Å². The lowest BCUT2D eigenvalue weighted by atomic mass is 9.99. The molecule has 5 heteroatoms. The van der Waals surface area contributed by atoms with Crippen LogP contribution in [0.3, 0.4) is 0 Å². The second-order valence-electron chi connectivity index (χ2n) is 3.91. The maximum atomic E-state index is 10.7. The molecular formula is C10H13NO3S. The van der Waals surface area contributed by atoms with E-state index < -0.39 is 5.97 Å². The number of carboxylic acid groups (broad SMARTS) is 1. The van der Waals surface area contributed by atoms with Gasteiger partial charge in [0, 0.05) is 17.9 Å². The third-order valence-corrected chi connectivity index (χ3v) is 3.53. The highest BCUT2D eigenvalue weighted by atomic mass is 32.1. The lowest BCUT2D eigenvalue weighted by molar-refractivity contribution is -0.137. The summed E-state index contributed by atoms with van der Waals surface area (Å²) in [6, 6.07) is 0. The van der Waals surface area contributed by atoms with Crippen LogP contribution in [0.5, 0.6) is 0 Å². The highest BCUT2D eigenvalue weighted by Crippen LogP contribution is 2.50. The lowest BCUT2D eigenvalue weighted by Gasteiger charge is -2.07. The Kier molecular flexibility index (Phi) is 2.75. The summed E-state index contributed by atoms with van der Waals surface area (Å²) in [5.41, 5.74) is 0.760. The van der Waals surface area contributed by atoms with Crippen LogP contribution < -0.4 is 0 Å². The Morgan fingerprint density at radius 3 is 3.00 bits per heavy atom. The van der Waals surface area contributed by atoms with Crippen LogP contribution >= 0.6 is 11.3 Å². The van der Waals surface area contributed by atoms with Gasteiger partial charge in [0.2, 0.25) is 0 Å². The van der Waals surface area contributed by atoms with Crippen molar-refractivity contribution in [3.8, 4) is 0 Å². The van der Waals surface area contributed by atoms with Crippen molar-refractivity contribution in [3.05, 3.63) is 16.1 Å². The van der Waals surface area contributed by atoms with Crippen molar-refractivity contribution in [2.45, 2.75) is 31.3 Å². The first-order valence-electron chi connectivity index (χ1n) is 4.82. The van der Waals surface area contributed by atoms with Crippen molar-refractivity contribution in [2.24, 2.45) is 0 Å². The fraction of sp³-hybridized carbons (Fsp3) is 0.600. The molecule has 1 fully saturated rings. The van der Waals surface area contributed by atoms with Gasteiger partial charge in [-0.15, -0.1) is 11.3 Å². The van der Waals surface area contributed by atoms with E-state index in [1.165, 1.54) is 11.3 Å². The minimum absolute atomic E-state index is 0.172. The predicted octanol–water partition coefficient (Wildman–Crippen LogP) is 1.80. The van der Waals surface area contributed by atoms with Crippen molar-refractivity contribution in [1.82, 2.24) is 4.98 Å². The number of thiazole rings is 1. The Balaban J connectivity index is 2.11. The molecule has 1 aliphatic carbocycles. The molecule has 0 saturated heterocycles. The second-order valence-corrected chi connectivity index (χ2v) is 4.85. The summed E-state index contributed by atoms with van der Waals surface area (Å²) >= 11 is 1.54. The maximum Gasteiger partial charge on any atom is 0.304 e. The van der Waals surface area contributed by atoms with Gasteiger partial charge in [-0.05, 0) is 12.8 Å². The molecule has 1 saturated carbocycles. The average molecular weight is 227 g/mol. The Hall–Kier alpha value is -0.940. The van der Waals surface area contributed by atoms with Crippen LogP contribution in [-0.2, 0) is 21.6 Å². The molecule has 15 heavy (non-hydrogen) atoms. The van der Waals surface area contributed by atoms with Gasteiger partial charge in [-0.25, -0.2) is 4.98 Å². The number of carboxylic acids is 1. The van der Waals surface area contributed by atoms with Gasteiger partial charge in [-0.1, -0.05) is 0 Å². The van der Waals surface area contributed by atoms with Gasteiger partial charge in [0.25, 0.3) is 0 Å². The number of methoxy groups -OCH3 is 1. The number of carbonyl (C=O) groups is 1. The zero-order valence-corrected chi connectivity index (χ0v) is 9.34. The maximum absolute atomic E-state index is 10.7. The van der Waals surface area contributed by atoms with Crippen molar-refractivity contribution in [3.63, 3.8) is 0 Å². The van der Waals surface area contributed by atoms with Gasteiger partial charge < -0.3 is 9.84 Å². The molecule has 1 aromatic rings. The molecule has 82 valence electrons. The van der Waals surface area contributed by atoms with E-state index in [2.05, 4.69) is 4.98 Å². The van der Waals surface area contributed by atoms with Crippen LogP contribution in [0.25, 0.3) is 0 Å². The zero-order chi connectivity index (χ0) is 10.9. The van der Waals surface area contributed by atoms with E-state index in [0.29, 0.717) is 6.61 Å². The summed E-state index contributed by atoms with van der Waals surface area (Å²) in [6.45, 7) is 0.508. The third kappa shape index (κ3) is 2.18. The van der Waals surface area contributed by atoms with E-state index in [1.807, 2.05) is 5.38 Å². The smallest absolute Gasteiger partial charge is 0.304 e. The van der Waals surface area contributed by atoms with Crippen LogP contribution in [0.4, 0.5) is 0 Å². The first-order chi connectivity index (χ1) is 7.16. The van der Waals surface area contributed by atoms with E-state index in [1.54, 1.807) is 7.11 Å². The Morgan fingerprint density at radius 1 is 1.73 bits per heavy atom. The number of nitrogens with zero attached hydrogens (tertiary/aromatic N) is 1. The summed E-state index contributed by atoms with van der Waals surface area (Å²) < 4.78 is 4.99. The van der Waals surface area contributed by atoms with E-state index in [-0.39, 0.29) is 11.8 Å². The fourth-order valence-electron chi connectivity index (χ4n) is 1.71. The van der Waals surface area contributed by atoms with E-state index in [9.17, 15) is 4.79 Å². The van der Waals surface area contributed by atoms with Crippen LogP contribution in [-0.4, -0.2) is 23.2 Å². The van der Waals surface area contributed by atoms with Gasteiger partial charge in [0.1, 0.15) is 5.01 Å². The molecule has 0 atom stereocenters. The second kappa shape index (κ2) is 3.90. The Labute approximate surface area is 91.9 Å². The highest BCUT2D eigenvalue weighted by molar-refractivity contribution is 7.09. The molecule has 2 rings (SSSR count).